The van der Waals surface area contributed by atoms with Crippen molar-refractivity contribution in [3.8, 4) is 11.5 Å². The van der Waals surface area contributed by atoms with Crippen LogP contribution in [0.5, 0.6) is 11.5 Å². The lowest BCUT2D eigenvalue weighted by atomic mass is 9.78. The van der Waals surface area contributed by atoms with Crippen molar-refractivity contribution in [1.29, 1.82) is 0 Å². The zero-order chi connectivity index (χ0) is 20.6. The molecule has 0 aliphatic rings. The van der Waals surface area contributed by atoms with E-state index < -0.39 is 12.2 Å². The molecule has 6 nitrogen and oxygen atoms in total. The lowest BCUT2D eigenvalue weighted by molar-refractivity contribution is 0.0325. The highest BCUT2D eigenvalue weighted by Gasteiger charge is 2.23. The van der Waals surface area contributed by atoms with E-state index >= 15 is 0 Å². The summed E-state index contributed by atoms with van der Waals surface area (Å²) >= 11 is 0. The minimum absolute atomic E-state index is 0.0553. The van der Waals surface area contributed by atoms with Gasteiger partial charge in [-0.05, 0) is 35.4 Å². The topological polar surface area (TPSA) is 88.4 Å². The van der Waals surface area contributed by atoms with Gasteiger partial charge < -0.3 is 29.5 Å². The molecule has 0 aliphatic carbocycles. The van der Waals surface area contributed by atoms with Crippen LogP contribution in [0.1, 0.15) is 25.0 Å². The van der Waals surface area contributed by atoms with Crippen LogP contribution < -0.4 is 9.47 Å². The van der Waals surface area contributed by atoms with Gasteiger partial charge in [0.05, 0.1) is 13.2 Å². The van der Waals surface area contributed by atoms with Gasteiger partial charge in [-0.15, -0.1) is 0 Å². The summed E-state index contributed by atoms with van der Waals surface area (Å²) in [5, 5.41) is 27.9. The fourth-order valence-corrected chi connectivity index (χ4v) is 2.78. The zero-order valence-electron chi connectivity index (χ0n) is 16.7. The molecule has 0 aromatic heterocycles. The van der Waals surface area contributed by atoms with Crippen molar-refractivity contribution >= 4 is 0 Å². The Morgan fingerprint density at radius 2 is 1.18 bits per heavy atom. The molecule has 0 aliphatic heterocycles. The van der Waals surface area contributed by atoms with Crippen LogP contribution in [0.3, 0.4) is 0 Å². The molecule has 28 heavy (non-hydrogen) atoms. The summed E-state index contributed by atoms with van der Waals surface area (Å²) in [6, 6.07) is 15.5. The van der Waals surface area contributed by atoms with Crippen molar-refractivity contribution < 1.29 is 29.5 Å². The van der Waals surface area contributed by atoms with Gasteiger partial charge in [-0.3, -0.25) is 0 Å². The van der Waals surface area contributed by atoms with Crippen LogP contribution in [-0.2, 0) is 10.2 Å². The van der Waals surface area contributed by atoms with Gasteiger partial charge in [-0.25, -0.2) is 0 Å². The zero-order valence-corrected chi connectivity index (χ0v) is 16.7. The minimum Gasteiger partial charge on any atom is -0.491 e. The van der Waals surface area contributed by atoms with E-state index in [9.17, 15) is 10.2 Å². The first kappa shape index (κ1) is 22.2. The van der Waals surface area contributed by atoms with Crippen molar-refractivity contribution in [3.05, 3.63) is 59.7 Å². The number of hydrogen-bond acceptors (Lipinski definition) is 6. The molecule has 0 heterocycles. The van der Waals surface area contributed by atoms with E-state index in [0.29, 0.717) is 11.5 Å². The second-order valence-corrected chi connectivity index (χ2v) is 7.24. The summed E-state index contributed by atoms with van der Waals surface area (Å²) in [4.78, 5) is 0. The van der Waals surface area contributed by atoms with E-state index in [1.165, 1.54) is 7.11 Å². The number of ether oxygens (including phenoxy) is 3. The van der Waals surface area contributed by atoms with E-state index in [-0.39, 0.29) is 31.8 Å². The fraction of sp³-hybridized carbons (Fsp3) is 0.455. The quantitative estimate of drug-likeness (QED) is 0.545. The summed E-state index contributed by atoms with van der Waals surface area (Å²) < 4.78 is 15.9. The summed E-state index contributed by atoms with van der Waals surface area (Å²) in [6.07, 6.45) is -1.53. The molecule has 0 saturated heterocycles. The third-order valence-electron chi connectivity index (χ3n) is 4.61. The predicted molar refractivity (Wildman–Crippen MR) is 107 cm³/mol. The largest absolute Gasteiger partial charge is 0.491 e. The van der Waals surface area contributed by atoms with Gasteiger partial charge >= 0.3 is 0 Å². The van der Waals surface area contributed by atoms with E-state index in [2.05, 4.69) is 13.8 Å². The Kier molecular flexibility index (Phi) is 8.26. The highest BCUT2D eigenvalue weighted by Crippen LogP contribution is 2.33. The molecule has 2 unspecified atom stereocenters. The second kappa shape index (κ2) is 10.4. The van der Waals surface area contributed by atoms with Crippen LogP contribution in [0, 0.1) is 0 Å². The molecular formula is C22H30O6. The van der Waals surface area contributed by atoms with Gasteiger partial charge in [0.15, 0.2) is 0 Å². The average molecular weight is 390 g/mol. The van der Waals surface area contributed by atoms with Crippen LogP contribution >= 0.6 is 0 Å². The van der Waals surface area contributed by atoms with E-state index in [1.54, 1.807) is 0 Å². The Bertz CT molecular complexity index is 696. The van der Waals surface area contributed by atoms with Gasteiger partial charge in [0.25, 0.3) is 0 Å². The van der Waals surface area contributed by atoms with Gasteiger partial charge in [0.2, 0.25) is 0 Å². The maximum atomic E-state index is 9.66. The van der Waals surface area contributed by atoms with Gasteiger partial charge in [0, 0.05) is 12.5 Å². The Hall–Kier alpha value is -2.12. The molecule has 2 atom stereocenters. The van der Waals surface area contributed by atoms with Gasteiger partial charge in [0.1, 0.15) is 36.9 Å². The van der Waals surface area contributed by atoms with E-state index in [4.69, 9.17) is 19.3 Å². The lowest BCUT2D eigenvalue weighted by Crippen LogP contribution is -2.22. The first-order valence-electron chi connectivity index (χ1n) is 9.29. The molecule has 0 radical (unpaired) electrons. The highest BCUT2D eigenvalue weighted by atomic mass is 16.5. The molecule has 0 spiro atoms. The number of rotatable bonds is 11. The molecule has 2 aromatic carbocycles. The molecule has 3 N–H and O–H groups in total. The predicted octanol–water partition coefficient (Wildman–Crippen LogP) is 2.13. The van der Waals surface area contributed by atoms with Gasteiger partial charge in [-0.2, -0.15) is 0 Å². The van der Waals surface area contributed by atoms with Gasteiger partial charge in [-0.1, -0.05) is 38.1 Å². The number of methoxy groups -OCH3 is 1. The lowest BCUT2D eigenvalue weighted by Gasteiger charge is -2.26. The van der Waals surface area contributed by atoms with E-state index in [0.717, 1.165) is 11.1 Å². The highest BCUT2D eigenvalue weighted by molar-refractivity contribution is 5.41. The van der Waals surface area contributed by atoms with Crippen molar-refractivity contribution in [1.82, 2.24) is 0 Å². The van der Waals surface area contributed by atoms with Crippen LogP contribution in [0.4, 0.5) is 0 Å². The first-order valence-corrected chi connectivity index (χ1v) is 9.29. The smallest absolute Gasteiger partial charge is 0.119 e. The molecule has 6 heteroatoms. The molecule has 154 valence electrons. The maximum Gasteiger partial charge on any atom is 0.119 e. The van der Waals surface area contributed by atoms with Crippen LogP contribution in [0.15, 0.2) is 48.5 Å². The maximum absolute atomic E-state index is 9.66. The molecule has 0 bridgehead atoms. The molecule has 0 amide bonds. The minimum atomic E-state index is -0.882. The molecule has 2 rings (SSSR count). The summed E-state index contributed by atoms with van der Waals surface area (Å²) in [5.74, 6) is 1.34. The summed E-state index contributed by atoms with van der Waals surface area (Å²) in [7, 11) is 1.54. The summed E-state index contributed by atoms with van der Waals surface area (Å²) in [6.45, 7) is 4.43. The molecular weight excluding hydrogens is 360 g/mol. The number of aliphatic hydroxyl groups is 3. The van der Waals surface area contributed by atoms with Crippen LogP contribution in [-0.4, -0.2) is 61.1 Å². The Morgan fingerprint density at radius 3 is 1.57 bits per heavy atom. The monoisotopic (exact) mass is 390 g/mol. The standard InChI is InChI=1S/C22H30O6/c1-22(2,16-4-8-20(9-5-16)27-14-18(24)12-23)17-6-10-21(11-7-17)28-15-19(25)13-26-3/h4-11,18-19,23-25H,12-15H2,1-3H3. The first-order chi connectivity index (χ1) is 13.4. The van der Waals surface area contributed by atoms with Crippen molar-refractivity contribution in [2.75, 3.05) is 33.5 Å². The molecule has 2 aromatic rings. The SMILES string of the molecule is COCC(O)COc1ccc(C(C)(C)c2ccc(OCC(O)CO)cc2)cc1. The second-order valence-electron chi connectivity index (χ2n) is 7.24. The molecule has 0 fully saturated rings. The normalized spacial score (nSPS) is 13.8. The number of hydrogen-bond donors (Lipinski definition) is 3. The third kappa shape index (κ3) is 6.21. The van der Waals surface area contributed by atoms with Crippen molar-refractivity contribution in [3.63, 3.8) is 0 Å². The summed E-state index contributed by atoms with van der Waals surface area (Å²) in [5.41, 5.74) is 2.02. The van der Waals surface area contributed by atoms with Crippen LogP contribution in [0.2, 0.25) is 0 Å². The fourth-order valence-electron chi connectivity index (χ4n) is 2.78. The van der Waals surface area contributed by atoms with Crippen molar-refractivity contribution in [2.24, 2.45) is 0 Å². The third-order valence-corrected chi connectivity index (χ3v) is 4.61. The molecule has 0 saturated carbocycles. The van der Waals surface area contributed by atoms with Crippen LogP contribution in [0.25, 0.3) is 0 Å². The Labute approximate surface area is 166 Å². The Morgan fingerprint density at radius 1 is 0.750 bits per heavy atom. The van der Waals surface area contributed by atoms with E-state index in [1.807, 2.05) is 48.5 Å². The average Bonchev–Trinajstić information content (AvgIpc) is 2.71. The van der Waals surface area contributed by atoms with Crippen molar-refractivity contribution in [2.45, 2.75) is 31.5 Å². The number of aliphatic hydroxyl groups excluding tert-OH is 3. The Balaban J connectivity index is 2.01. The number of benzene rings is 2.